The zero-order valence-corrected chi connectivity index (χ0v) is 11.7. The number of fused-ring (bicyclic) bond motifs is 1. The molecule has 0 aliphatic rings. The van der Waals surface area contributed by atoms with E-state index in [0.29, 0.717) is 5.02 Å². The highest BCUT2D eigenvalue weighted by atomic mass is 35.5. The van der Waals surface area contributed by atoms with Crippen molar-refractivity contribution in [2.24, 2.45) is 0 Å². The molecule has 3 aromatic rings. The lowest BCUT2D eigenvalue weighted by Gasteiger charge is -2.08. The minimum absolute atomic E-state index is 0.695. The highest BCUT2D eigenvalue weighted by Crippen LogP contribution is 2.28. The molecular formula is C17H13ClO2. The molecule has 0 bridgehead atoms. The number of halogens is 1. The Labute approximate surface area is 122 Å². The molecule has 0 atom stereocenters. The molecule has 3 rings (SSSR count). The normalized spacial score (nSPS) is 10.5. The third kappa shape index (κ3) is 2.70. The van der Waals surface area contributed by atoms with E-state index >= 15 is 0 Å². The van der Waals surface area contributed by atoms with Crippen LogP contribution in [-0.2, 0) is 0 Å². The molecule has 3 aromatic carbocycles. The van der Waals surface area contributed by atoms with Crippen molar-refractivity contribution < 1.29 is 9.47 Å². The van der Waals surface area contributed by atoms with Crippen molar-refractivity contribution in [3.8, 4) is 17.2 Å². The fraction of sp³-hybridized carbons (Fsp3) is 0.0588. The van der Waals surface area contributed by atoms with E-state index in [-0.39, 0.29) is 0 Å². The second kappa shape index (κ2) is 5.43. The fourth-order valence-corrected chi connectivity index (χ4v) is 2.16. The van der Waals surface area contributed by atoms with Gasteiger partial charge in [0.15, 0.2) is 0 Å². The van der Waals surface area contributed by atoms with E-state index < -0.39 is 0 Å². The van der Waals surface area contributed by atoms with E-state index in [1.165, 1.54) is 0 Å². The summed E-state index contributed by atoms with van der Waals surface area (Å²) in [6, 6.07) is 19.2. The minimum atomic E-state index is 0.695. The molecule has 0 aromatic heterocycles. The Morgan fingerprint density at radius 3 is 2.00 bits per heavy atom. The second-order valence-electron chi connectivity index (χ2n) is 4.43. The Morgan fingerprint density at radius 1 is 0.700 bits per heavy atom. The minimum Gasteiger partial charge on any atom is -0.497 e. The van der Waals surface area contributed by atoms with Crippen molar-refractivity contribution in [2.45, 2.75) is 0 Å². The van der Waals surface area contributed by atoms with Crippen molar-refractivity contribution in [2.75, 3.05) is 7.11 Å². The summed E-state index contributed by atoms with van der Waals surface area (Å²) in [6.07, 6.45) is 0. The summed E-state index contributed by atoms with van der Waals surface area (Å²) in [7, 11) is 1.66. The fourth-order valence-electron chi connectivity index (χ4n) is 2.03. The molecule has 0 heterocycles. The van der Waals surface area contributed by atoms with Gasteiger partial charge in [-0.15, -0.1) is 0 Å². The number of methoxy groups -OCH3 is 1. The highest BCUT2D eigenvalue weighted by Gasteiger charge is 2.01. The molecule has 0 N–H and O–H groups in total. The lowest BCUT2D eigenvalue weighted by atomic mass is 10.1. The molecule has 0 fully saturated rings. The SMILES string of the molecule is COc1ccc2ccc(Oc3ccc(Cl)cc3)cc2c1. The molecule has 3 heteroatoms. The topological polar surface area (TPSA) is 18.5 Å². The first-order chi connectivity index (χ1) is 9.74. The Kier molecular flexibility index (Phi) is 3.48. The van der Waals surface area contributed by atoms with Crippen LogP contribution in [0.5, 0.6) is 17.2 Å². The van der Waals surface area contributed by atoms with Gasteiger partial charge in [-0.05, 0) is 59.3 Å². The van der Waals surface area contributed by atoms with Gasteiger partial charge >= 0.3 is 0 Å². The molecule has 0 unspecified atom stereocenters. The molecule has 20 heavy (non-hydrogen) atoms. The van der Waals surface area contributed by atoms with Crippen molar-refractivity contribution >= 4 is 22.4 Å². The summed E-state index contributed by atoms with van der Waals surface area (Å²) in [5.74, 6) is 2.38. The van der Waals surface area contributed by atoms with Gasteiger partial charge in [-0.25, -0.2) is 0 Å². The number of rotatable bonds is 3. The smallest absolute Gasteiger partial charge is 0.128 e. The average molecular weight is 285 g/mol. The lowest BCUT2D eigenvalue weighted by Crippen LogP contribution is -1.85. The Hall–Kier alpha value is -2.19. The standard InChI is InChI=1S/C17H13ClO2/c1-19-16-6-2-12-3-7-17(11-13(12)10-16)20-15-8-4-14(18)5-9-15/h2-11H,1H3. The van der Waals surface area contributed by atoms with Crippen molar-refractivity contribution in [1.82, 2.24) is 0 Å². The van der Waals surface area contributed by atoms with E-state index in [9.17, 15) is 0 Å². The molecule has 0 radical (unpaired) electrons. The summed E-state index contributed by atoms with van der Waals surface area (Å²) in [6.45, 7) is 0. The maximum absolute atomic E-state index is 5.86. The number of hydrogen-bond acceptors (Lipinski definition) is 2. The molecule has 0 spiro atoms. The van der Waals surface area contributed by atoms with Crippen molar-refractivity contribution in [1.29, 1.82) is 0 Å². The van der Waals surface area contributed by atoms with Gasteiger partial charge in [0, 0.05) is 5.02 Å². The third-order valence-corrected chi connectivity index (χ3v) is 3.32. The second-order valence-corrected chi connectivity index (χ2v) is 4.87. The monoisotopic (exact) mass is 284 g/mol. The number of ether oxygens (including phenoxy) is 2. The molecule has 0 amide bonds. The summed E-state index contributed by atoms with van der Waals surface area (Å²) < 4.78 is 11.1. The molecule has 2 nitrogen and oxygen atoms in total. The van der Waals surface area contributed by atoms with E-state index in [1.807, 2.05) is 48.5 Å². The van der Waals surface area contributed by atoms with Crippen LogP contribution in [0, 0.1) is 0 Å². The molecule has 100 valence electrons. The predicted octanol–water partition coefficient (Wildman–Crippen LogP) is 5.29. The van der Waals surface area contributed by atoms with Crippen LogP contribution in [0.3, 0.4) is 0 Å². The highest BCUT2D eigenvalue weighted by molar-refractivity contribution is 6.30. The lowest BCUT2D eigenvalue weighted by molar-refractivity contribution is 0.415. The largest absolute Gasteiger partial charge is 0.497 e. The maximum atomic E-state index is 5.86. The van der Waals surface area contributed by atoms with Crippen molar-refractivity contribution in [3.05, 3.63) is 65.7 Å². The summed E-state index contributed by atoms with van der Waals surface area (Å²) >= 11 is 5.86. The van der Waals surface area contributed by atoms with E-state index in [2.05, 4.69) is 0 Å². The number of hydrogen-bond donors (Lipinski definition) is 0. The summed E-state index contributed by atoms with van der Waals surface area (Å²) in [5.41, 5.74) is 0. The van der Waals surface area contributed by atoms with Gasteiger partial charge < -0.3 is 9.47 Å². The van der Waals surface area contributed by atoms with Crippen molar-refractivity contribution in [3.63, 3.8) is 0 Å². The summed E-state index contributed by atoms with van der Waals surface area (Å²) in [4.78, 5) is 0. The maximum Gasteiger partial charge on any atom is 0.128 e. The zero-order valence-electron chi connectivity index (χ0n) is 11.0. The first-order valence-corrected chi connectivity index (χ1v) is 6.64. The van der Waals surface area contributed by atoms with Gasteiger partial charge in [0.2, 0.25) is 0 Å². The van der Waals surface area contributed by atoms with E-state index in [1.54, 1.807) is 19.2 Å². The molecule has 0 aliphatic heterocycles. The Balaban J connectivity index is 1.93. The average Bonchev–Trinajstić information content (AvgIpc) is 2.49. The van der Waals surface area contributed by atoms with Gasteiger partial charge in [0.1, 0.15) is 17.2 Å². The van der Waals surface area contributed by atoms with Crippen LogP contribution in [0.15, 0.2) is 60.7 Å². The van der Waals surface area contributed by atoms with Gasteiger partial charge in [0.05, 0.1) is 7.11 Å². The first kappa shape index (κ1) is 12.8. The summed E-state index contributed by atoms with van der Waals surface area (Å²) in [5, 5.41) is 2.92. The first-order valence-electron chi connectivity index (χ1n) is 6.26. The third-order valence-electron chi connectivity index (χ3n) is 3.07. The van der Waals surface area contributed by atoms with Crippen LogP contribution in [-0.4, -0.2) is 7.11 Å². The Bertz CT molecular complexity index is 736. The van der Waals surface area contributed by atoms with E-state index in [4.69, 9.17) is 21.1 Å². The van der Waals surface area contributed by atoms with Crippen LogP contribution in [0.1, 0.15) is 0 Å². The molecule has 0 aliphatic carbocycles. The molecule has 0 saturated carbocycles. The van der Waals surface area contributed by atoms with Gasteiger partial charge in [-0.3, -0.25) is 0 Å². The van der Waals surface area contributed by atoms with Gasteiger partial charge in [-0.1, -0.05) is 23.7 Å². The van der Waals surface area contributed by atoms with Crippen LogP contribution in [0.2, 0.25) is 5.02 Å². The van der Waals surface area contributed by atoms with Gasteiger partial charge in [0.25, 0.3) is 0 Å². The predicted molar refractivity (Wildman–Crippen MR) is 82.0 cm³/mol. The zero-order chi connectivity index (χ0) is 13.9. The van der Waals surface area contributed by atoms with Crippen LogP contribution in [0.4, 0.5) is 0 Å². The molecular weight excluding hydrogens is 272 g/mol. The van der Waals surface area contributed by atoms with Crippen LogP contribution < -0.4 is 9.47 Å². The van der Waals surface area contributed by atoms with Crippen LogP contribution >= 0.6 is 11.6 Å². The van der Waals surface area contributed by atoms with Crippen LogP contribution in [0.25, 0.3) is 10.8 Å². The quantitative estimate of drug-likeness (QED) is 0.650. The van der Waals surface area contributed by atoms with Gasteiger partial charge in [-0.2, -0.15) is 0 Å². The number of benzene rings is 3. The Morgan fingerprint density at radius 2 is 1.30 bits per heavy atom. The molecule has 0 saturated heterocycles. The van der Waals surface area contributed by atoms with E-state index in [0.717, 1.165) is 28.0 Å².